The summed E-state index contributed by atoms with van der Waals surface area (Å²) in [6.07, 6.45) is 1.08. The van der Waals surface area contributed by atoms with Crippen molar-refractivity contribution in [2.24, 2.45) is 0 Å². The Balaban J connectivity index is 2.35. The lowest BCUT2D eigenvalue weighted by atomic mass is 10.1. The highest BCUT2D eigenvalue weighted by Gasteiger charge is 2.35. The molecule has 0 bridgehead atoms. The Hall–Kier alpha value is -1.40. The van der Waals surface area contributed by atoms with Gasteiger partial charge >= 0.3 is 0 Å². The second-order valence-corrected chi connectivity index (χ2v) is 6.77. The summed E-state index contributed by atoms with van der Waals surface area (Å²) in [6, 6.07) is 4.51. The van der Waals surface area contributed by atoms with Crippen LogP contribution in [0.2, 0.25) is 5.02 Å². The molecule has 1 heterocycles. The molecule has 0 atom stereocenters. The molecule has 0 saturated carbocycles. The summed E-state index contributed by atoms with van der Waals surface area (Å²) in [5, 5.41) is 0.361. The standard InChI is InChI=1S/C11H10ClNO4S/c1-18(16,17)5-4-13-9-3-2-7(12)6-8(9)10(14)11(13)15/h2-3,6H,4-5H2,1H3. The molecule has 1 aromatic carbocycles. The van der Waals surface area contributed by atoms with Gasteiger partial charge in [-0.1, -0.05) is 11.6 Å². The normalized spacial score (nSPS) is 15.1. The lowest BCUT2D eigenvalue weighted by Gasteiger charge is -2.15. The van der Waals surface area contributed by atoms with Gasteiger partial charge in [-0.25, -0.2) is 8.42 Å². The largest absolute Gasteiger partial charge is 0.304 e. The average molecular weight is 288 g/mol. The average Bonchev–Trinajstić information content (AvgIpc) is 2.49. The number of hydrogen-bond donors (Lipinski definition) is 0. The Bertz CT molecular complexity index is 638. The summed E-state index contributed by atoms with van der Waals surface area (Å²) >= 11 is 5.76. The second-order valence-electron chi connectivity index (χ2n) is 4.08. The molecule has 2 rings (SSSR count). The number of amides is 1. The van der Waals surface area contributed by atoms with Gasteiger partial charge in [0.2, 0.25) is 0 Å². The SMILES string of the molecule is CS(=O)(=O)CCN1C(=O)C(=O)c2cc(Cl)ccc21. The van der Waals surface area contributed by atoms with Crippen LogP contribution in [-0.4, -0.2) is 38.7 Å². The Morgan fingerprint density at radius 3 is 2.56 bits per heavy atom. The third kappa shape index (κ3) is 2.39. The zero-order chi connectivity index (χ0) is 13.5. The first-order valence-corrected chi connectivity index (χ1v) is 7.57. The van der Waals surface area contributed by atoms with Crippen LogP contribution in [0.15, 0.2) is 18.2 Å². The molecular weight excluding hydrogens is 278 g/mol. The highest BCUT2D eigenvalue weighted by Crippen LogP contribution is 2.30. The van der Waals surface area contributed by atoms with Crippen LogP contribution in [0.25, 0.3) is 0 Å². The van der Waals surface area contributed by atoms with Crippen molar-refractivity contribution in [2.75, 3.05) is 23.5 Å². The van der Waals surface area contributed by atoms with Crippen LogP contribution in [0.4, 0.5) is 5.69 Å². The molecule has 0 unspecified atom stereocenters. The Kier molecular flexibility index (Phi) is 3.16. The number of ketones is 1. The van der Waals surface area contributed by atoms with Gasteiger partial charge in [0.25, 0.3) is 11.7 Å². The first kappa shape index (κ1) is 13.0. The van der Waals surface area contributed by atoms with E-state index in [1.54, 1.807) is 12.1 Å². The molecule has 96 valence electrons. The maximum atomic E-state index is 11.7. The minimum absolute atomic E-state index is 0.0297. The molecule has 0 radical (unpaired) electrons. The van der Waals surface area contributed by atoms with E-state index in [4.69, 9.17) is 11.6 Å². The number of rotatable bonds is 3. The van der Waals surface area contributed by atoms with Crippen LogP contribution in [0, 0.1) is 0 Å². The molecular formula is C11H10ClNO4S. The van der Waals surface area contributed by atoms with E-state index in [0.29, 0.717) is 10.7 Å². The molecule has 0 aromatic heterocycles. The molecule has 18 heavy (non-hydrogen) atoms. The van der Waals surface area contributed by atoms with E-state index in [9.17, 15) is 18.0 Å². The Labute approximate surface area is 109 Å². The van der Waals surface area contributed by atoms with Gasteiger partial charge in [-0.05, 0) is 18.2 Å². The fourth-order valence-electron chi connectivity index (χ4n) is 1.75. The maximum absolute atomic E-state index is 11.7. The highest BCUT2D eigenvalue weighted by molar-refractivity contribution is 7.90. The molecule has 1 aromatic rings. The zero-order valence-electron chi connectivity index (χ0n) is 9.51. The lowest BCUT2D eigenvalue weighted by Crippen LogP contribution is -2.33. The summed E-state index contributed by atoms with van der Waals surface area (Å²) < 4.78 is 22.2. The smallest absolute Gasteiger partial charge is 0.299 e. The van der Waals surface area contributed by atoms with Crippen LogP contribution in [0.5, 0.6) is 0 Å². The summed E-state index contributed by atoms with van der Waals surface area (Å²) in [7, 11) is -3.19. The summed E-state index contributed by atoms with van der Waals surface area (Å²) in [5.41, 5.74) is 0.638. The summed E-state index contributed by atoms with van der Waals surface area (Å²) in [6.45, 7) is -0.0297. The van der Waals surface area contributed by atoms with Crippen molar-refractivity contribution in [3.05, 3.63) is 28.8 Å². The molecule has 1 amide bonds. The number of halogens is 1. The predicted molar refractivity (Wildman–Crippen MR) is 67.8 cm³/mol. The van der Waals surface area contributed by atoms with Crippen molar-refractivity contribution in [3.8, 4) is 0 Å². The molecule has 0 aliphatic carbocycles. The molecule has 0 saturated heterocycles. The molecule has 0 fully saturated rings. The van der Waals surface area contributed by atoms with Gasteiger partial charge in [0.05, 0.1) is 17.0 Å². The Morgan fingerprint density at radius 2 is 1.94 bits per heavy atom. The van der Waals surface area contributed by atoms with Gasteiger partial charge in [-0.15, -0.1) is 0 Å². The fourth-order valence-corrected chi connectivity index (χ4v) is 2.44. The van der Waals surface area contributed by atoms with E-state index in [2.05, 4.69) is 0 Å². The van der Waals surface area contributed by atoms with Gasteiger partial charge in [0, 0.05) is 17.8 Å². The number of anilines is 1. The van der Waals surface area contributed by atoms with Crippen LogP contribution in [0.3, 0.4) is 0 Å². The van der Waals surface area contributed by atoms with Gasteiger partial charge < -0.3 is 4.90 Å². The summed E-state index contributed by atoms with van der Waals surface area (Å²) in [5.74, 6) is -1.55. The van der Waals surface area contributed by atoms with Crippen molar-refractivity contribution in [2.45, 2.75) is 0 Å². The van der Waals surface area contributed by atoms with Gasteiger partial charge in [-0.3, -0.25) is 9.59 Å². The first-order chi connectivity index (χ1) is 8.29. The number of nitrogens with zero attached hydrogens (tertiary/aromatic N) is 1. The van der Waals surface area contributed by atoms with Crippen LogP contribution >= 0.6 is 11.6 Å². The first-order valence-electron chi connectivity index (χ1n) is 5.13. The van der Waals surface area contributed by atoms with E-state index < -0.39 is 21.5 Å². The predicted octanol–water partition coefficient (Wildman–Crippen LogP) is 0.914. The fraction of sp³-hybridized carbons (Fsp3) is 0.273. The Morgan fingerprint density at radius 1 is 1.28 bits per heavy atom. The number of benzene rings is 1. The van der Waals surface area contributed by atoms with Gasteiger partial charge in [-0.2, -0.15) is 0 Å². The third-order valence-electron chi connectivity index (χ3n) is 2.62. The van der Waals surface area contributed by atoms with Crippen molar-refractivity contribution < 1.29 is 18.0 Å². The molecule has 1 aliphatic rings. The third-order valence-corrected chi connectivity index (χ3v) is 3.78. The molecule has 0 spiro atoms. The lowest BCUT2D eigenvalue weighted by molar-refractivity contribution is -0.114. The van der Waals surface area contributed by atoms with Crippen molar-refractivity contribution in [3.63, 3.8) is 0 Å². The van der Waals surface area contributed by atoms with Crippen molar-refractivity contribution in [1.82, 2.24) is 0 Å². The summed E-state index contributed by atoms with van der Waals surface area (Å²) in [4.78, 5) is 24.6. The van der Waals surface area contributed by atoms with E-state index in [1.807, 2.05) is 0 Å². The second kappa shape index (κ2) is 4.37. The number of carbonyl (C=O) groups is 2. The minimum atomic E-state index is -3.19. The molecule has 5 nitrogen and oxygen atoms in total. The van der Waals surface area contributed by atoms with Gasteiger partial charge in [0.15, 0.2) is 0 Å². The molecule has 0 N–H and O–H groups in total. The van der Waals surface area contributed by atoms with Crippen molar-refractivity contribution in [1.29, 1.82) is 0 Å². The number of hydrogen-bond acceptors (Lipinski definition) is 4. The zero-order valence-corrected chi connectivity index (χ0v) is 11.1. The number of fused-ring (bicyclic) bond motifs is 1. The van der Waals surface area contributed by atoms with Crippen molar-refractivity contribution >= 4 is 38.8 Å². The minimum Gasteiger partial charge on any atom is -0.304 e. The monoisotopic (exact) mass is 287 g/mol. The van der Waals surface area contributed by atoms with Gasteiger partial charge in [0.1, 0.15) is 9.84 Å². The number of carbonyl (C=O) groups excluding carboxylic acids is 2. The van der Waals surface area contributed by atoms with Crippen LogP contribution in [-0.2, 0) is 14.6 Å². The highest BCUT2D eigenvalue weighted by atomic mass is 35.5. The van der Waals surface area contributed by atoms with Crippen LogP contribution in [0.1, 0.15) is 10.4 Å². The number of sulfone groups is 1. The topological polar surface area (TPSA) is 71.5 Å². The van der Waals surface area contributed by atoms with Crippen LogP contribution < -0.4 is 4.90 Å². The van der Waals surface area contributed by atoms with E-state index in [-0.39, 0.29) is 17.9 Å². The van der Waals surface area contributed by atoms with E-state index in [1.165, 1.54) is 11.0 Å². The van der Waals surface area contributed by atoms with E-state index in [0.717, 1.165) is 6.26 Å². The molecule has 7 heteroatoms. The molecule has 1 aliphatic heterocycles. The quantitative estimate of drug-likeness (QED) is 0.775. The van der Waals surface area contributed by atoms with E-state index >= 15 is 0 Å². The maximum Gasteiger partial charge on any atom is 0.299 e. The number of Topliss-reactive ketones (excluding diaryl/α,β-unsaturated/α-hetero) is 1.